The van der Waals surface area contributed by atoms with Crippen LogP contribution in [-0.4, -0.2) is 12.9 Å². The van der Waals surface area contributed by atoms with Crippen LogP contribution in [0.5, 0.6) is 5.75 Å². The molecule has 0 spiro atoms. The third kappa shape index (κ3) is 2.29. The number of benzene rings is 2. The standard InChI is InChI=1S/C18H19NO2/c1-12-3-8-16(21-2)15(11-12)17(20)18(9-10-18)13-4-6-14(19)7-5-13/h3-8,11H,9-10,19H2,1-2H3. The molecule has 2 aromatic rings. The fourth-order valence-electron chi connectivity index (χ4n) is 2.83. The van der Waals surface area contributed by atoms with Gasteiger partial charge in [0.2, 0.25) is 0 Å². The van der Waals surface area contributed by atoms with Crippen LogP contribution >= 0.6 is 0 Å². The summed E-state index contributed by atoms with van der Waals surface area (Å²) in [7, 11) is 1.60. The second-order valence-electron chi connectivity index (χ2n) is 5.74. The molecule has 0 bridgehead atoms. The SMILES string of the molecule is COc1ccc(C)cc1C(=O)C1(c2ccc(N)cc2)CC1. The molecule has 108 valence electrons. The number of aryl methyl sites for hydroxylation is 1. The van der Waals surface area contributed by atoms with Gasteiger partial charge in [-0.05, 0) is 49.6 Å². The van der Waals surface area contributed by atoms with Crippen molar-refractivity contribution in [1.82, 2.24) is 0 Å². The smallest absolute Gasteiger partial charge is 0.177 e. The van der Waals surface area contributed by atoms with E-state index in [4.69, 9.17) is 10.5 Å². The Balaban J connectivity index is 2.02. The minimum Gasteiger partial charge on any atom is -0.496 e. The Bertz CT molecular complexity index is 685. The molecule has 0 aliphatic heterocycles. The molecule has 1 aliphatic rings. The van der Waals surface area contributed by atoms with Crippen molar-refractivity contribution in [2.75, 3.05) is 12.8 Å². The zero-order valence-corrected chi connectivity index (χ0v) is 12.3. The van der Waals surface area contributed by atoms with Crippen molar-refractivity contribution < 1.29 is 9.53 Å². The summed E-state index contributed by atoms with van der Waals surface area (Å²) in [5.41, 5.74) is 8.84. The van der Waals surface area contributed by atoms with Crippen molar-refractivity contribution in [2.45, 2.75) is 25.2 Å². The summed E-state index contributed by atoms with van der Waals surface area (Å²) in [4.78, 5) is 13.0. The van der Waals surface area contributed by atoms with Crippen LogP contribution in [0.2, 0.25) is 0 Å². The maximum atomic E-state index is 13.0. The van der Waals surface area contributed by atoms with Gasteiger partial charge < -0.3 is 10.5 Å². The number of anilines is 1. The number of ether oxygens (including phenoxy) is 1. The summed E-state index contributed by atoms with van der Waals surface area (Å²) in [6.45, 7) is 1.99. The summed E-state index contributed by atoms with van der Waals surface area (Å²) in [6.07, 6.45) is 1.76. The third-order valence-electron chi connectivity index (χ3n) is 4.25. The van der Waals surface area contributed by atoms with Crippen LogP contribution in [-0.2, 0) is 5.41 Å². The number of Topliss-reactive ketones (excluding diaryl/α,β-unsaturated/α-hetero) is 1. The van der Waals surface area contributed by atoms with Crippen molar-refractivity contribution in [3.63, 3.8) is 0 Å². The van der Waals surface area contributed by atoms with Crippen LogP contribution in [0, 0.1) is 6.92 Å². The van der Waals surface area contributed by atoms with Crippen molar-refractivity contribution in [2.24, 2.45) is 0 Å². The first-order chi connectivity index (χ1) is 10.1. The van der Waals surface area contributed by atoms with Gasteiger partial charge >= 0.3 is 0 Å². The molecule has 0 saturated heterocycles. The Hall–Kier alpha value is -2.29. The fraction of sp³-hybridized carbons (Fsp3) is 0.278. The van der Waals surface area contributed by atoms with E-state index in [1.807, 2.05) is 49.4 Å². The minimum absolute atomic E-state index is 0.146. The second-order valence-corrected chi connectivity index (χ2v) is 5.74. The lowest BCUT2D eigenvalue weighted by molar-refractivity contribution is 0.0943. The van der Waals surface area contributed by atoms with Gasteiger partial charge in [-0.25, -0.2) is 0 Å². The lowest BCUT2D eigenvalue weighted by Crippen LogP contribution is -2.21. The van der Waals surface area contributed by atoms with Crippen LogP contribution < -0.4 is 10.5 Å². The van der Waals surface area contributed by atoms with Gasteiger partial charge in [0.05, 0.1) is 18.1 Å². The first-order valence-corrected chi connectivity index (χ1v) is 7.12. The molecule has 1 aliphatic carbocycles. The van der Waals surface area contributed by atoms with Crippen LogP contribution in [0.1, 0.15) is 34.3 Å². The van der Waals surface area contributed by atoms with E-state index >= 15 is 0 Å². The molecule has 21 heavy (non-hydrogen) atoms. The van der Waals surface area contributed by atoms with E-state index in [1.54, 1.807) is 7.11 Å². The van der Waals surface area contributed by atoms with Crippen LogP contribution in [0.15, 0.2) is 42.5 Å². The van der Waals surface area contributed by atoms with E-state index in [2.05, 4.69) is 0 Å². The van der Waals surface area contributed by atoms with E-state index in [1.165, 1.54) is 0 Å². The molecule has 0 aromatic heterocycles. The van der Waals surface area contributed by atoms with Gasteiger partial charge in [-0.3, -0.25) is 4.79 Å². The highest BCUT2D eigenvalue weighted by molar-refractivity contribution is 6.08. The van der Waals surface area contributed by atoms with E-state index in [0.29, 0.717) is 11.3 Å². The van der Waals surface area contributed by atoms with Crippen LogP contribution in [0.25, 0.3) is 0 Å². The summed E-state index contributed by atoms with van der Waals surface area (Å²) in [5, 5.41) is 0. The highest BCUT2D eigenvalue weighted by Crippen LogP contribution is 2.51. The number of hydrogen-bond acceptors (Lipinski definition) is 3. The Morgan fingerprint density at radius 2 is 1.81 bits per heavy atom. The number of methoxy groups -OCH3 is 1. The molecule has 0 heterocycles. The molecule has 3 rings (SSSR count). The van der Waals surface area contributed by atoms with Gasteiger partial charge in [-0.1, -0.05) is 23.8 Å². The molecule has 2 N–H and O–H groups in total. The second kappa shape index (κ2) is 4.92. The molecule has 1 fully saturated rings. The predicted molar refractivity (Wildman–Crippen MR) is 83.8 cm³/mol. The van der Waals surface area contributed by atoms with Crippen molar-refractivity contribution in [3.05, 3.63) is 59.2 Å². The normalized spacial score (nSPS) is 15.5. The molecule has 0 unspecified atom stereocenters. The first kappa shape index (κ1) is 13.7. The largest absolute Gasteiger partial charge is 0.496 e. The van der Waals surface area contributed by atoms with E-state index in [-0.39, 0.29) is 5.78 Å². The zero-order valence-electron chi connectivity index (χ0n) is 12.3. The number of nitrogens with two attached hydrogens (primary N) is 1. The highest BCUT2D eigenvalue weighted by atomic mass is 16.5. The van der Waals surface area contributed by atoms with E-state index in [0.717, 1.165) is 29.7 Å². The summed E-state index contributed by atoms with van der Waals surface area (Å²) in [6, 6.07) is 13.4. The van der Waals surface area contributed by atoms with Crippen LogP contribution in [0.3, 0.4) is 0 Å². The summed E-state index contributed by atoms with van der Waals surface area (Å²) in [5.74, 6) is 0.792. The highest BCUT2D eigenvalue weighted by Gasteiger charge is 2.51. The Kier molecular flexibility index (Phi) is 3.20. The first-order valence-electron chi connectivity index (χ1n) is 7.12. The van der Waals surface area contributed by atoms with Crippen molar-refractivity contribution in [3.8, 4) is 5.75 Å². The Morgan fingerprint density at radius 1 is 1.14 bits per heavy atom. The van der Waals surface area contributed by atoms with Gasteiger partial charge in [0.15, 0.2) is 5.78 Å². The molecule has 0 radical (unpaired) electrons. The quantitative estimate of drug-likeness (QED) is 0.689. The minimum atomic E-state index is -0.394. The molecule has 0 amide bonds. The predicted octanol–water partition coefficient (Wildman–Crippen LogP) is 3.50. The molecular formula is C18H19NO2. The van der Waals surface area contributed by atoms with Crippen LogP contribution in [0.4, 0.5) is 5.69 Å². The Morgan fingerprint density at radius 3 is 2.38 bits per heavy atom. The summed E-state index contributed by atoms with van der Waals surface area (Å²) < 4.78 is 5.36. The molecule has 3 heteroatoms. The lowest BCUT2D eigenvalue weighted by atomic mass is 9.86. The van der Waals surface area contributed by atoms with E-state index in [9.17, 15) is 4.79 Å². The topological polar surface area (TPSA) is 52.3 Å². The third-order valence-corrected chi connectivity index (χ3v) is 4.25. The number of nitrogen functional groups attached to an aromatic ring is 1. The van der Waals surface area contributed by atoms with Crippen molar-refractivity contribution >= 4 is 11.5 Å². The van der Waals surface area contributed by atoms with Gasteiger partial charge in [-0.2, -0.15) is 0 Å². The van der Waals surface area contributed by atoms with Gasteiger partial charge in [0, 0.05) is 5.69 Å². The summed E-state index contributed by atoms with van der Waals surface area (Å²) >= 11 is 0. The molecule has 0 atom stereocenters. The monoisotopic (exact) mass is 281 g/mol. The maximum absolute atomic E-state index is 13.0. The molecule has 3 nitrogen and oxygen atoms in total. The molecule has 1 saturated carbocycles. The van der Waals surface area contributed by atoms with Gasteiger partial charge in [-0.15, -0.1) is 0 Å². The maximum Gasteiger partial charge on any atom is 0.177 e. The lowest BCUT2D eigenvalue weighted by Gasteiger charge is -2.17. The number of ketones is 1. The number of carbonyl (C=O) groups is 1. The van der Waals surface area contributed by atoms with E-state index < -0.39 is 5.41 Å². The average Bonchev–Trinajstić information content (AvgIpc) is 3.29. The molecular weight excluding hydrogens is 262 g/mol. The van der Waals surface area contributed by atoms with Crippen molar-refractivity contribution in [1.29, 1.82) is 0 Å². The number of carbonyl (C=O) groups excluding carboxylic acids is 1. The zero-order chi connectivity index (χ0) is 15.0. The van der Waals surface area contributed by atoms with Gasteiger partial charge in [0.25, 0.3) is 0 Å². The fourth-order valence-corrected chi connectivity index (χ4v) is 2.83. The molecule has 2 aromatic carbocycles. The van der Waals surface area contributed by atoms with Gasteiger partial charge in [0.1, 0.15) is 5.75 Å². The Labute approximate surface area is 124 Å². The number of hydrogen-bond donors (Lipinski definition) is 1. The number of rotatable bonds is 4. The average molecular weight is 281 g/mol.